The van der Waals surface area contributed by atoms with Crippen molar-refractivity contribution < 1.29 is 49.3 Å². The van der Waals surface area contributed by atoms with Crippen molar-refractivity contribution in [1.29, 1.82) is 0 Å². The molecule has 0 aromatic heterocycles. The van der Waals surface area contributed by atoms with Gasteiger partial charge >= 0.3 is 21.1 Å². The molecule has 0 fully saturated rings. The van der Waals surface area contributed by atoms with E-state index in [0.717, 1.165) is 132 Å². The molecule has 16 heteroatoms. The smallest absolute Gasteiger partial charge is 0.809 e. The van der Waals surface area contributed by atoms with Crippen LogP contribution >= 0.6 is 17.1 Å². The van der Waals surface area contributed by atoms with Gasteiger partial charge in [-0.1, -0.05) is 169 Å². The van der Waals surface area contributed by atoms with Crippen molar-refractivity contribution in [2.24, 2.45) is 0 Å². The fourth-order valence-corrected chi connectivity index (χ4v) is 8.85. The zero-order chi connectivity index (χ0) is 42.9. The van der Waals surface area contributed by atoms with Crippen LogP contribution in [0.4, 0.5) is 0 Å². The summed E-state index contributed by atoms with van der Waals surface area (Å²) in [5, 5.41) is 0. The van der Waals surface area contributed by atoms with Crippen LogP contribution in [-0.2, 0) is 132 Å². The van der Waals surface area contributed by atoms with Gasteiger partial charge in [0.15, 0.2) is 0 Å². The molecule has 0 bridgehead atoms. The molecule has 0 spiro atoms. The fourth-order valence-electron chi connectivity index (χ4n) is 6.17. The molecule has 6 nitrogen and oxygen atoms in total. The van der Waals surface area contributed by atoms with Gasteiger partial charge in [-0.05, 0) is 129 Å². The fraction of sp³-hybridized carbons (Fsp3) is 0.571. The Labute approximate surface area is 397 Å². The van der Waals surface area contributed by atoms with Crippen LogP contribution < -0.4 is 28.3 Å². The molecule has 3 atom stereocenters. The van der Waals surface area contributed by atoms with Gasteiger partial charge in [0, 0.05) is 0 Å². The maximum Gasteiger partial charge on any atom is 6.00 e. The number of benzene rings is 3. The molecule has 0 aliphatic rings. The van der Waals surface area contributed by atoms with Gasteiger partial charge < -0.3 is 65.0 Å². The van der Waals surface area contributed by atoms with Crippen LogP contribution in [-0.4, -0.2) is 0 Å². The third-order valence-corrected chi connectivity index (χ3v) is 11.7. The number of hydrogen-bond donors (Lipinski definition) is 0. The SMILES string of the molecule is CCCCc1cccc(OP([O-])(=S)[S-])c1CCCC.CCCCc1cccc(OP([O-])(=S)[S-])c1CCCC.CCCCc1cccc(OP([O-])(=S)[S-])c1CCCC.[Mo+6]. The summed E-state index contributed by atoms with van der Waals surface area (Å²) < 4.78 is 16.0. The average Bonchev–Trinajstić information content (AvgIpc) is 3.13. The number of hydrogen-bond acceptors (Lipinski definition) is 12. The summed E-state index contributed by atoms with van der Waals surface area (Å²) in [5.41, 5.74) is -2.77. The Kier molecular flexibility index (Phi) is 32.7. The monoisotopic (exact) mass is 1050 g/mol. The molecule has 3 rings (SSSR count). The summed E-state index contributed by atoms with van der Waals surface area (Å²) in [4.78, 5) is 34.6. The summed E-state index contributed by atoms with van der Waals surface area (Å²) in [5.74, 6) is 1.86. The van der Waals surface area contributed by atoms with Crippen LogP contribution in [0.15, 0.2) is 54.6 Å². The van der Waals surface area contributed by atoms with E-state index in [1.165, 1.54) is 16.7 Å². The minimum Gasteiger partial charge on any atom is -0.809 e. The number of rotatable bonds is 24. The molecule has 58 heavy (non-hydrogen) atoms. The maximum absolute atomic E-state index is 11.5. The van der Waals surface area contributed by atoms with Crippen LogP contribution in [0, 0.1) is 0 Å². The van der Waals surface area contributed by atoms with Gasteiger partial charge in [0.25, 0.3) is 0 Å². The standard InChI is InChI=1S/3C14H23O2PS2.Mo/c3*1-3-5-8-12-9-7-11-14(16-17(15,18)19)13(12)10-6-4-2;/h3*7,9,11H,3-6,8,10H2,1-2H3,(H2,15,18,19);/q;;;+6/p-6. The molecular formula is C42H63MoO6P3S6. The molecular weight excluding hydrogens is 982 g/mol. The first-order chi connectivity index (χ1) is 26.9. The molecule has 3 unspecified atom stereocenters. The Balaban J connectivity index is 0.000000833. The molecule has 0 saturated carbocycles. The Hall–Kier alpha value is 0.628. The van der Waals surface area contributed by atoms with Gasteiger partial charge in [0.1, 0.15) is 17.2 Å². The summed E-state index contributed by atoms with van der Waals surface area (Å²) in [7, 11) is 0. The summed E-state index contributed by atoms with van der Waals surface area (Å²) in [6.07, 6.45) is 19.3. The van der Waals surface area contributed by atoms with Crippen molar-refractivity contribution in [3.05, 3.63) is 88.0 Å². The van der Waals surface area contributed by atoms with Crippen molar-refractivity contribution in [3.63, 3.8) is 0 Å². The first-order valence-corrected chi connectivity index (χ1v) is 31.4. The largest absolute Gasteiger partial charge is 6.00 e. The molecule has 324 valence electrons. The third-order valence-electron chi connectivity index (χ3n) is 9.06. The molecule has 0 radical (unpaired) electrons. The number of aryl methyl sites for hydroxylation is 3. The quantitative estimate of drug-likeness (QED) is 0.0485. The van der Waals surface area contributed by atoms with E-state index in [9.17, 15) is 14.7 Å². The Morgan fingerprint density at radius 2 is 0.621 bits per heavy atom. The Morgan fingerprint density at radius 1 is 0.414 bits per heavy atom. The minimum atomic E-state index is -3.33. The van der Waals surface area contributed by atoms with Crippen LogP contribution in [0.5, 0.6) is 17.2 Å². The molecule has 0 aliphatic carbocycles. The molecule has 3 aromatic rings. The molecule has 0 N–H and O–H groups in total. The summed E-state index contributed by atoms with van der Waals surface area (Å²) in [6, 6.07) is 17.6. The summed E-state index contributed by atoms with van der Waals surface area (Å²) >= 11 is 28.3. The Morgan fingerprint density at radius 3 is 0.810 bits per heavy atom. The predicted molar refractivity (Wildman–Crippen MR) is 258 cm³/mol. The zero-order valence-electron chi connectivity index (χ0n) is 35.1. The van der Waals surface area contributed by atoms with Crippen molar-refractivity contribution in [2.75, 3.05) is 0 Å². The molecule has 0 amide bonds. The van der Waals surface area contributed by atoms with Crippen LogP contribution in [0.1, 0.15) is 152 Å². The van der Waals surface area contributed by atoms with E-state index in [2.05, 4.69) is 59.7 Å². The second kappa shape index (κ2) is 32.3. The van der Waals surface area contributed by atoms with Crippen LogP contribution in [0.2, 0.25) is 0 Å². The second-order valence-corrected chi connectivity index (χ2v) is 27.9. The number of unbranched alkanes of at least 4 members (excludes halogenated alkanes) is 6. The van der Waals surface area contributed by atoms with Gasteiger partial charge in [-0.3, -0.25) is 0 Å². The maximum atomic E-state index is 11.5. The van der Waals surface area contributed by atoms with E-state index in [1.807, 2.05) is 36.4 Å². The van der Waals surface area contributed by atoms with Crippen LogP contribution in [0.3, 0.4) is 0 Å². The van der Waals surface area contributed by atoms with E-state index in [0.29, 0.717) is 17.2 Å². The van der Waals surface area contributed by atoms with Crippen molar-refractivity contribution in [1.82, 2.24) is 0 Å². The topological polar surface area (TPSA) is 96.9 Å². The van der Waals surface area contributed by atoms with Gasteiger partial charge in [-0.25, -0.2) is 0 Å². The summed E-state index contributed by atoms with van der Waals surface area (Å²) in [6.45, 7) is 13.0. The van der Waals surface area contributed by atoms with Crippen LogP contribution in [0.25, 0.3) is 0 Å². The first kappa shape index (κ1) is 58.6. The van der Waals surface area contributed by atoms with Gasteiger partial charge in [-0.15, -0.1) is 0 Å². The molecule has 0 heterocycles. The van der Waals surface area contributed by atoms with E-state index in [4.69, 9.17) is 85.7 Å². The van der Waals surface area contributed by atoms with Crippen molar-refractivity contribution >= 4 is 89.2 Å². The van der Waals surface area contributed by atoms with Gasteiger partial charge in [-0.2, -0.15) is 0 Å². The first-order valence-electron chi connectivity index (χ1n) is 20.4. The second-order valence-electron chi connectivity index (χ2n) is 13.9. The van der Waals surface area contributed by atoms with Gasteiger partial charge in [0.2, 0.25) is 0 Å². The normalized spacial score (nSPS) is 13.9. The van der Waals surface area contributed by atoms with E-state index in [-0.39, 0.29) is 21.1 Å². The van der Waals surface area contributed by atoms with E-state index in [1.54, 1.807) is 0 Å². The third kappa shape index (κ3) is 26.3. The van der Waals surface area contributed by atoms with Crippen molar-refractivity contribution in [3.8, 4) is 17.2 Å². The van der Waals surface area contributed by atoms with E-state index < -0.39 is 17.1 Å². The minimum absolute atomic E-state index is 0. The Bertz CT molecular complexity index is 1540. The molecule has 3 aromatic carbocycles. The van der Waals surface area contributed by atoms with E-state index >= 15 is 0 Å². The predicted octanol–water partition coefficient (Wildman–Crippen LogP) is 11.6. The average molecular weight is 1050 g/mol. The molecule has 0 saturated heterocycles. The molecule has 0 aliphatic heterocycles. The van der Waals surface area contributed by atoms with Gasteiger partial charge in [0.05, 0.1) is 0 Å². The zero-order valence-corrected chi connectivity index (χ0v) is 44.7. The van der Waals surface area contributed by atoms with Crippen molar-refractivity contribution in [2.45, 2.75) is 157 Å².